The summed E-state index contributed by atoms with van der Waals surface area (Å²) in [6, 6.07) is 0. The van der Waals surface area contributed by atoms with Gasteiger partial charge in [0.05, 0.1) is 12.2 Å². The molecule has 0 amide bonds. The van der Waals surface area contributed by atoms with Crippen molar-refractivity contribution in [3.8, 4) is 0 Å². The molecular weight excluding hydrogens is 244 g/mol. The lowest BCUT2D eigenvalue weighted by atomic mass is 9.99. The topological polar surface area (TPSA) is 49.7 Å². The Balaban J connectivity index is 2.76. The van der Waals surface area contributed by atoms with Gasteiger partial charge in [0.25, 0.3) is 0 Å². The van der Waals surface area contributed by atoms with Gasteiger partial charge in [0.1, 0.15) is 0 Å². The largest absolute Gasteiger partial charge is 0.413 e. The Morgan fingerprint density at radius 1 is 1.28 bits per heavy atom. The lowest BCUT2D eigenvalue weighted by Crippen LogP contribution is -2.48. The molecule has 0 unspecified atom stereocenters. The minimum atomic E-state index is -1.87. The fourth-order valence-electron chi connectivity index (χ4n) is 2.62. The minimum absolute atomic E-state index is 0.0321. The molecule has 0 radical (unpaired) electrons. The van der Waals surface area contributed by atoms with E-state index in [1.807, 2.05) is 0 Å². The van der Waals surface area contributed by atoms with E-state index in [1.54, 1.807) is 0 Å². The van der Waals surface area contributed by atoms with Crippen molar-refractivity contribution in [2.75, 3.05) is 6.61 Å². The SMILES string of the molecule is CC(C)C(C)(C)[Si](C)(C)O[C@H]1C[C@@H](O)C[C@@H]1CO. The normalized spacial score (nSPS) is 30.2. The molecule has 1 aliphatic carbocycles. The van der Waals surface area contributed by atoms with E-state index in [0.717, 1.165) is 0 Å². The Bertz CT molecular complexity index is 276. The maximum absolute atomic E-state index is 9.73. The molecule has 18 heavy (non-hydrogen) atoms. The van der Waals surface area contributed by atoms with Crippen LogP contribution >= 0.6 is 0 Å². The summed E-state index contributed by atoms with van der Waals surface area (Å²) in [5.41, 5.74) is 0. The van der Waals surface area contributed by atoms with E-state index >= 15 is 0 Å². The van der Waals surface area contributed by atoms with Crippen molar-refractivity contribution in [3.05, 3.63) is 0 Å². The molecular formula is C14H30O3Si. The van der Waals surface area contributed by atoms with Crippen LogP contribution in [0.5, 0.6) is 0 Å². The summed E-state index contributed by atoms with van der Waals surface area (Å²) in [5.74, 6) is 0.674. The van der Waals surface area contributed by atoms with Crippen LogP contribution in [0.3, 0.4) is 0 Å². The van der Waals surface area contributed by atoms with Crippen LogP contribution in [0.1, 0.15) is 40.5 Å². The van der Waals surface area contributed by atoms with Crippen molar-refractivity contribution in [1.82, 2.24) is 0 Å². The highest BCUT2D eigenvalue weighted by Gasteiger charge is 2.47. The number of hydrogen-bond donors (Lipinski definition) is 2. The van der Waals surface area contributed by atoms with Crippen molar-refractivity contribution in [3.63, 3.8) is 0 Å². The molecule has 3 nitrogen and oxygen atoms in total. The number of rotatable bonds is 5. The van der Waals surface area contributed by atoms with E-state index in [0.29, 0.717) is 18.8 Å². The Hall–Kier alpha value is 0.0969. The Kier molecular flexibility index (Phi) is 5.04. The highest BCUT2D eigenvalue weighted by atomic mass is 28.4. The Labute approximate surface area is 113 Å². The van der Waals surface area contributed by atoms with Crippen molar-refractivity contribution < 1.29 is 14.6 Å². The van der Waals surface area contributed by atoms with E-state index in [2.05, 4.69) is 40.8 Å². The van der Waals surface area contributed by atoms with Crippen LogP contribution in [0.15, 0.2) is 0 Å². The first-order chi connectivity index (χ1) is 8.11. The molecule has 0 aromatic rings. The highest BCUT2D eigenvalue weighted by molar-refractivity contribution is 6.74. The zero-order valence-electron chi connectivity index (χ0n) is 12.7. The molecule has 0 bridgehead atoms. The van der Waals surface area contributed by atoms with Crippen LogP contribution in [0.25, 0.3) is 0 Å². The van der Waals surface area contributed by atoms with Gasteiger partial charge in [0.15, 0.2) is 8.32 Å². The van der Waals surface area contributed by atoms with Crippen molar-refractivity contribution >= 4 is 8.32 Å². The van der Waals surface area contributed by atoms with Crippen molar-refractivity contribution in [2.45, 2.75) is 70.9 Å². The molecule has 0 aliphatic heterocycles. The first kappa shape index (κ1) is 16.2. The molecule has 2 N–H and O–H groups in total. The van der Waals surface area contributed by atoms with Crippen LogP contribution in [0.4, 0.5) is 0 Å². The third-order valence-electron chi connectivity index (χ3n) is 5.28. The number of hydrogen-bond acceptors (Lipinski definition) is 3. The summed E-state index contributed by atoms with van der Waals surface area (Å²) in [7, 11) is -1.87. The summed E-state index contributed by atoms with van der Waals surface area (Å²) < 4.78 is 6.42. The van der Waals surface area contributed by atoms with Crippen LogP contribution in [-0.2, 0) is 4.43 Å². The average molecular weight is 274 g/mol. The lowest BCUT2D eigenvalue weighted by Gasteiger charge is -2.44. The van der Waals surface area contributed by atoms with Crippen LogP contribution < -0.4 is 0 Å². The Morgan fingerprint density at radius 3 is 2.28 bits per heavy atom. The smallest absolute Gasteiger partial charge is 0.192 e. The number of aliphatic hydroxyl groups excluding tert-OH is 2. The van der Waals surface area contributed by atoms with Gasteiger partial charge in [-0.25, -0.2) is 0 Å². The lowest BCUT2D eigenvalue weighted by molar-refractivity contribution is 0.0934. The molecule has 0 spiro atoms. The summed E-state index contributed by atoms with van der Waals surface area (Å²) in [6.07, 6.45) is 1.08. The molecule has 4 heteroatoms. The second-order valence-electron chi connectivity index (χ2n) is 7.11. The van der Waals surface area contributed by atoms with E-state index in [9.17, 15) is 10.2 Å². The molecule has 1 saturated carbocycles. The highest BCUT2D eigenvalue weighted by Crippen LogP contribution is 2.46. The van der Waals surface area contributed by atoms with Gasteiger partial charge in [-0.15, -0.1) is 0 Å². The molecule has 1 fully saturated rings. The second kappa shape index (κ2) is 5.61. The first-order valence-corrected chi connectivity index (χ1v) is 9.99. The molecule has 0 aromatic carbocycles. The number of aliphatic hydroxyl groups is 2. The quantitative estimate of drug-likeness (QED) is 0.758. The second-order valence-corrected chi connectivity index (χ2v) is 11.7. The van der Waals surface area contributed by atoms with E-state index in [-0.39, 0.29) is 29.8 Å². The predicted octanol–water partition coefficient (Wildman–Crippen LogP) is 2.78. The van der Waals surface area contributed by atoms with Crippen LogP contribution in [-0.4, -0.2) is 37.3 Å². The van der Waals surface area contributed by atoms with Gasteiger partial charge < -0.3 is 14.6 Å². The zero-order chi connectivity index (χ0) is 14.1. The molecule has 108 valence electrons. The summed E-state index contributed by atoms with van der Waals surface area (Å²) >= 11 is 0. The molecule has 0 aromatic heterocycles. The molecule has 0 heterocycles. The molecule has 1 rings (SSSR count). The van der Waals surface area contributed by atoms with E-state index in [1.165, 1.54) is 0 Å². The van der Waals surface area contributed by atoms with Gasteiger partial charge in [-0.2, -0.15) is 0 Å². The third-order valence-corrected chi connectivity index (χ3v) is 9.85. The first-order valence-electron chi connectivity index (χ1n) is 7.08. The van der Waals surface area contributed by atoms with Gasteiger partial charge in [0, 0.05) is 12.5 Å². The van der Waals surface area contributed by atoms with Gasteiger partial charge in [-0.05, 0) is 36.9 Å². The van der Waals surface area contributed by atoms with Crippen LogP contribution in [0.2, 0.25) is 18.1 Å². The average Bonchev–Trinajstić information content (AvgIpc) is 2.57. The summed E-state index contributed by atoms with van der Waals surface area (Å²) in [5, 5.41) is 19.3. The summed E-state index contributed by atoms with van der Waals surface area (Å²) in [4.78, 5) is 0. The molecule has 3 atom stereocenters. The standard InChI is InChI=1S/C14H30O3Si/c1-10(2)14(3,4)18(5,6)17-13-8-12(16)7-11(13)9-15/h10-13,15-16H,7-9H2,1-6H3/t11-,12+,13+/m1/s1. The monoisotopic (exact) mass is 274 g/mol. The van der Waals surface area contributed by atoms with Gasteiger partial charge in [0.2, 0.25) is 0 Å². The minimum Gasteiger partial charge on any atom is -0.413 e. The van der Waals surface area contributed by atoms with E-state index in [4.69, 9.17) is 4.43 Å². The predicted molar refractivity (Wildman–Crippen MR) is 77.1 cm³/mol. The maximum atomic E-state index is 9.73. The van der Waals surface area contributed by atoms with Crippen molar-refractivity contribution in [2.24, 2.45) is 11.8 Å². The van der Waals surface area contributed by atoms with E-state index < -0.39 is 8.32 Å². The molecule has 1 aliphatic rings. The Morgan fingerprint density at radius 2 is 1.83 bits per heavy atom. The third kappa shape index (κ3) is 3.16. The van der Waals surface area contributed by atoms with Crippen molar-refractivity contribution in [1.29, 1.82) is 0 Å². The summed E-state index contributed by atoms with van der Waals surface area (Å²) in [6.45, 7) is 13.7. The van der Waals surface area contributed by atoms with Gasteiger partial charge in [-0.1, -0.05) is 27.7 Å². The maximum Gasteiger partial charge on any atom is 0.192 e. The van der Waals surface area contributed by atoms with Crippen LogP contribution in [0, 0.1) is 11.8 Å². The fourth-order valence-corrected chi connectivity index (χ4v) is 5.36. The molecule has 0 saturated heterocycles. The van der Waals surface area contributed by atoms with Gasteiger partial charge in [-0.3, -0.25) is 0 Å². The van der Waals surface area contributed by atoms with Gasteiger partial charge >= 0.3 is 0 Å². The zero-order valence-corrected chi connectivity index (χ0v) is 13.7. The fraction of sp³-hybridized carbons (Fsp3) is 1.00.